The molecule has 0 aliphatic carbocycles. The van der Waals surface area contributed by atoms with Gasteiger partial charge in [-0.15, -0.1) is 11.6 Å². The van der Waals surface area contributed by atoms with Gasteiger partial charge in [0, 0.05) is 13.0 Å². The number of alkyl halides is 1. The molecule has 0 atom stereocenters. The molecule has 0 aliphatic heterocycles. The van der Waals surface area contributed by atoms with Crippen molar-refractivity contribution >= 4 is 17.6 Å². The maximum absolute atomic E-state index is 11.8. The van der Waals surface area contributed by atoms with E-state index >= 15 is 0 Å². The highest BCUT2D eigenvalue weighted by molar-refractivity contribution is 6.17. The average molecular weight is 243 g/mol. The molecule has 4 heteroatoms. The third-order valence-electron chi connectivity index (χ3n) is 2.23. The van der Waals surface area contributed by atoms with Crippen LogP contribution in [-0.4, -0.2) is 26.3 Å². The molecule has 1 aromatic carbocycles. The Balaban J connectivity index is 2.81. The van der Waals surface area contributed by atoms with Crippen LogP contribution in [0.1, 0.15) is 21.5 Å². The summed E-state index contributed by atoms with van der Waals surface area (Å²) in [4.78, 5) is 11.8. The van der Waals surface area contributed by atoms with Crippen LogP contribution in [0.4, 0.5) is 0 Å². The third-order valence-corrected chi connectivity index (χ3v) is 2.52. The van der Waals surface area contributed by atoms with Crippen molar-refractivity contribution in [2.24, 2.45) is 0 Å². The lowest BCUT2D eigenvalue weighted by Gasteiger charge is -2.10. The molecular weight excluding hydrogens is 228 g/mol. The largest absolute Gasteiger partial charge is 0.460 e. The zero-order valence-electron chi connectivity index (χ0n) is 9.46. The minimum Gasteiger partial charge on any atom is -0.460 e. The number of esters is 1. The summed E-state index contributed by atoms with van der Waals surface area (Å²) in [6.07, 6.45) is 0. The van der Waals surface area contributed by atoms with E-state index in [0.717, 1.165) is 11.1 Å². The van der Waals surface area contributed by atoms with Gasteiger partial charge in [-0.1, -0.05) is 18.2 Å². The molecule has 16 heavy (non-hydrogen) atoms. The van der Waals surface area contributed by atoms with Gasteiger partial charge in [-0.3, -0.25) is 0 Å². The number of aryl methyl sites for hydroxylation is 1. The predicted octanol–water partition coefficient (Wildman–Crippen LogP) is 2.54. The minimum atomic E-state index is -0.342. The Morgan fingerprint density at radius 2 is 2.12 bits per heavy atom. The highest BCUT2D eigenvalue weighted by Gasteiger charge is 2.14. The molecule has 0 aliphatic rings. The fourth-order valence-electron chi connectivity index (χ4n) is 1.42. The Kier molecular flexibility index (Phi) is 5.29. The third kappa shape index (κ3) is 3.22. The first-order valence-electron chi connectivity index (χ1n) is 5.01. The van der Waals surface area contributed by atoms with E-state index in [2.05, 4.69) is 0 Å². The first kappa shape index (κ1) is 13.0. The Hall–Kier alpha value is -1.06. The lowest BCUT2D eigenvalue weighted by molar-refractivity contribution is 0.0386. The Morgan fingerprint density at radius 3 is 2.75 bits per heavy atom. The molecule has 1 aromatic rings. The van der Waals surface area contributed by atoms with Crippen LogP contribution in [0, 0.1) is 6.92 Å². The van der Waals surface area contributed by atoms with Crippen LogP contribution in [0.5, 0.6) is 0 Å². The van der Waals surface area contributed by atoms with Gasteiger partial charge in [-0.05, 0) is 18.1 Å². The summed E-state index contributed by atoms with van der Waals surface area (Å²) in [6, 6.07) is 5.56. The van der Waals surface area contributed by atoms with Gasteiger partial charge < -0.3 is 9.47 Å². The maximum atomic E-state index is 11.8. The van der Waals surface area contributed by atoms with Crippen molar-refractivity contribution < 1.29 is 14.3 Å². The van der Waals surface area contributed by atoms with E-state index in [9.17, 15) is 4.79 Å². The van der Waals surface area contributed by atoms with Gasteiger partial charge >= 0.3 is 5.97 Å². The van der Waals surface area contributed by atoms with Crippen LogP contribution in [0.15, 0.2) is 18.2 Å². The number of hydrogen-bond acceptors (Lipinski definition) is 3. The molecule has 0 unspecified atom stereocenters. The summed E-state index contributed by atoms with van der Waals surface area (Å²) in [7, 11) is 1.56. The van der Waals surface area contributed by atoms with E-state index in [-0.39, 0.29) is 12.6 Å². The van der Waals surface area contributed by atoms with E-state index in [1.54, 1.807) is 7.11 Å². The normalized spacial score (nSPS) is 10.2. The second-order valence-corrected chi connectivity index (χ2v) is 3.64. The van der Waals surface area contributed by atoms with E-state index in [4.69, 9.17) is 21.1 Å². The molecule has 0 spiro atoms. The standard InChI is InChI=1S/C12H15ClO3/c1-9-4-3-5-10(8-13)11(9)12(14)16-7-6-15-2/h3-5H,6-8H2,1-2H3. The van der Waals surface area contributed by atoms with Gasteiger partial charge in [-0.2, -0.15) is 0 Å². The SMILES string of the molecule is COCCOC(=O)c1c(C)cccc1CCl. The highest BCUT2D eigenvalue weighted by Crippen LogP contribution is 2.17. The zero-order valence-corrected chi connectivity index (χ0v) is 10.2. The Morgan fingerprint density at radius 1 is 1.38 bits per heavy atom. The molecule has 0 N–H and O–H groups in total. The van der Waals surface area contributed by atoms with Crippen molar-refractivity contribution in [3.8, 4) is 0 Å². The van der Waals surface area contributed by atoms with Gasteiger partial charge in [0.25, 0.3) is 0 Å². The lowest BCUT2D eigenvalue weighted by atomic mass is 10.0. The fraction of sp³-hybridized carbons (Fsp3) is 0.417. The average Bonchev–Trinajstić information content (AvgIpc) is 2.28. The molecule has 0 bridgehead atoms. The summed E-state index contributed by atoms with van der Waals surface area (Å²) in [5.74, 6) is -0.0399. The number of carbonyl (C=O) groups is 1. The summed E-state index contributed by atoms with van der Waals surface area (Å²) in [6.45, 7) is 2.52. The first-order valence-corrected chi connectivity index (χ1v) is 5.54. The monoisotopic (exact) mass is 242 g/mol. The van der Waals surface area contributed by atoms with E-state index in [1.165, 1.54) is 0 Å². The maximum Gasteiger partial charge on any atom is 0.338 e. The van der Waals surface area contributed by atoms with Crippen LogP contribution in [-0.2, 0) is 15.4 Å². The van der Waals surface area contributed by atoms with Crippen LogP contribution in [0.3, 0.4) is 0 Å². The molecule has 0 heterocycles. The van der Waals surface area contributed by atoms with Crippen molar-refractivity contribution in [2.45, 2.75) is 12.8 Å². The van der Waals surface area contributed by atoms with E-state index < -0.39 is 0 Å². The smallest absolute Gasteiger partial charge is 0.338 e. The molecule has 1 rings (SSSR count). The van der Waals surface area contributed by atoms with Gasteiger partial charge in [0.15, 0.2) is 0 Å². The molecular formula is C12H15ClO3. The number of hydrogen-bond donors (Lipinski definition) is 0. The second kappa shape index (κ2) is 6.51. The predicted molar refractivity (Wildman–Crippen MR) is 62.9 cm³/mol. The molecule has 0 saturated carbocycles. The van der Waals surface area contributed by atoms with Crippen molar-refractivity contribution in [2.75, 3.05) is 20.3 Å². The summed E-state index contributed by atoms with van der Waals surface area (Å²) in [5.41, 5.74) is 2.23. The minimum absolute atomic E-state index is 0.255. The number of halogens is 1. The Bertz CT molecular complexity index is 363. The van der Waals surface area contributed by atoms with Gasteiger partial charge in [0.1, 0.15) is 6.61 Å². The van der Waals surface area contributed by atoms with Gasteiger partial charge in [0.05, 0.1) is 12.2 Å². The molecule has 0 saturated heterocycles. The number of benzene rings is 1. The molecule has 0 fully saturated rings. The fourth-order valence-corrected chi connectivity index (χ4v) is 1.64. The van der Waals surface area contributed by atoms with Gasteiger partial charge in [0.2, 0.25) is 0 Å². The molecule has 88 valence electrons. The van der Waals surface area contributed by atoms with Gasteiger partial charge in [-0.25, -0.2) is 4.79 Å². The van der Waals surface area contributed by atoms with Crippen LogP contribution in [0.25, 0.3) is 0 Å². The number of methoxy groups -OCH3 is 1. The van der Waals surface area contributed by atoms with Crippen molar-refractivity contribution in [1.82, 2.24) is 0 Å². The number of rotatable bonds is 5. The number of carbonyl (C=O) groups excluding carboxylic acids is 1. The lowest BCUT2D eigenvalue weighted by Crippen LogP contribution is -2.13. The zero-order chi connectivity index (χ0) is 12.0. The molecule has 0 amide bonds. The summed E-state index contributed by atoms with van der Waals surface area (Å²) < 4.78 is 9.88. The molecule has 0 radical (unpaired) electrons. The van der Waals surface area contributed by atoms with Crippen molar-refractivity contribution in [3.05, 3.63) is 34.9 Å². The molecule has 0 aromatic heterocycles. The van der Waals surface area contributed by atoms with E-state index in [1.807, 2.05) is 25.1 Å². The highest BCUT2D eigenvalue weighted by atomic mass is 35.5. The van der Waals surface area contributed by atoms with Crippen molar-refractivity contribution in [1.29, 1.82) is 0 Å². The van der Waals surface area contributed by atoms with Crippen LogP contribution >= 0.6 is 11.6 Å². The Labute approximate surface area is 100 Å². The van der Waals surface area contributed by atoms with E-state index in [0.29, 0.717) is 18.1 Å². The first-order chi connectivity index (χ1) is 7.70. The van der Waals surface area contributed by atoms with Crippen LogP contribution < -0.4 is 0 Å². The van der Waals surface area contributed by atoms with Crippen molar-refractivity contribution in [3.63, 3.8) is 0 Å². The molecule has 3 nitrogen and oxygen atoms in total. The summed E-state index contributed by atoms with van der Waals surface area (Å²) in [5, 5.41) is 0. The second-order valence-electron chi connectivity index (χ2n) is 3.37. The van der Waals surface area contributed by atoms with Crippen LogP contribution in [0.2, 0.25) is 0 Å². The summed E-state index contributed by atoms with van der Waals surface area (Å²) >= 11 is 5.78. The topological polar surface area (TPSA) is 35.5 Å². The number of ether oxygens (including phenoxy) is 2. The quantitative estimate of drug-likeness (QED) is 0.452.